The van der Waals surface area contributed by atoms with Crippen molar-refractivity contribution in [3.8, 4) is 0 Å². The van der Waals surface area contributed by atoms with Crippen LogP contribution in [0.1, 0.15) is 46.0 Å². The minimum absolute atomic E-state index is 0.0590. The number of aryl methyl sites for hydroxylation is 1. The molecule has 0 saturated carbocycles. The van der Waals surface area contributed by atoms with Gasteiger partial charge in [-0.25, -0.2) is 4.79 Å². The van der Waals surface area contributed by atoms with Gasteiger partial charge in [0.2, 0.25) is 0 Å². The number of carboxylic acid groups (broad SMARTS) is 1. The summed E-state index contributed by atoms with van der Waals surface area (Å²) >= 11 is 0. The topological polar surface area (TPSA) is 91.4 Å². The molecule has 1 aromatic rings. The molecule has 20 heavy (non-hydrogen) atoms. The highest BCUT2D eigenvalue weighted by atomic mass is 16.5. The fraction of sp³-hybridized carbons (Fsp3) is 0.571. The van der Waals surface area contributed by atoms with E-state index < -0.39 is 5.97 Å². The number of H-pyrrole nitrogens is 1. The van der Waals surface area contributed by atoms with Gasteiger partial charge in [0.05, 0.1) is 12.2 Å². The quantitative estimate of drug-likeness (QED) is 0.664. The minimum atomic E-state index is -1.06. The molecular weight excluding hydrogens is 260 g/mol. The van der Waals surface area contributed by atoms with E-state index in [1.807, 2.05) is 0 Å². The molecule has 1 heterocycles. The summed E-state index contributed by atoms with van der Waals surface area (Å²) in [7, 11) is 0. The van der Waals surface area contributed by atoms with Gasteiger partial charge in [-0.05, 0) is 25.3 Å². The van der Waals surface area contributed by atoms with E-state index in [2.05, 4.69) is 24.1 Å². The predicted molar refractivity (Wildman–Crippen MR) is 75.2 cm³/mol. The molecule has 6 nitrogen and oxygen atoms in total. The molecule has 0 aliphatic rings. The number of rotatable bonds is 7. The van der Waals surface area contributed by atoms with Gasteiger partial charge >= 0.3 is 5.97 Å². The second kappa shape index (κ2) is 7.09. The highest BCUT2D eigenvalue weighted by molar-refractivity contribution is 6.00. The number of hydrogen-bond acceptors (Lipinski definition) is 3. The van der Waals surface area contributed by atoms with Crippen LogP contribution in [0.25, 0.3) is 0 Å². The normalized spacial score (nSPS) is 10.8. The SMILES string of the molecule is Cc1[nH]c(C(=O)O)c(C)c1C(=O)NCCOCC(C)C. The highest BCUT2D eigenvalue weighted by Crippen LogP contribution is 2.17. The van der Waals surface area contributed by atoms with E-state index in [1.165, 1.54) is 0 Å². The number of amides is 1. The number of aromatic amines is 1. The van der Waals surface area contributed by atoms with E-state index in [4.69, 9.17) is 9.84 Å². The first-order valence-corrected chi connectivity index (χ1v) is 6.63. The molecule has 0 bridgehead atoms. The van der Waals surface area contributed by atoms with Crippen LogP contribution in [0, 0.1) is 19.8 Å². The second-order valence-corrected chi connectivity index (χ2v) is 5.15. The van der Waals surface area contributed by atoms with Crippen LogP contribution < -0.4 is 5.32 Å². The zero-order chi connectivity index (χ0) is 15.3. The molecule has 0 unspecified atom stereocenters. The van der Waals surface area contributed by atoms with Gasteiger partial charge in [0.25, 0.3) is 5.91 Å². The van der Waals surface area contributed by atoms with Crippen LogP contribution in [0.5, 0.6) is 0 Å². The van der Waals surface area contributed by atoms with Crippen LogP contribution in [0.4, 0.5) is 0 Å². The molecule has 1 rings (SSSR count). The number of carboxylic acids is 1. The Labute approximate surface area is 118 Å². The number of aromatic nitrogens is 1. The van der Waals surface area contributed by atoms with Crippen LogP contribution in [0.2, 0.25) is 0 Å². The number of nitrogens with one attached hydrogen (secondary N) is 2. The fourth-order valence-corrected chi connectivity index (χ4v) is 1.95. The maximum atomic E-state index is 12.0. The van der Waals surface area contributed by atoms with Gasteiger partial charge in [0, 0.05) is 18.8 Å². The number of aromatic carboxylic acids is 1. The summed E-state index contributed by atoms with van der Waals surface area (Å²) in [5, 5.41) is 11.7. The van der Waals surface area contributed by atoms with Gasteiger partial charge in [-0.2, -0.15) is 0 Å². The maximum absolute atomic E-state index is 12.0. The number of ether oxygens (including phenoxy) is 1. The molecule has 3 N–H and O–H groups in total. The Morgan fingerprint density at radius 3 is 2.50 bits per heavy atom. The van der Waals surface area contributed by atoms with Crippen molar-refractivity contribution in [3.63, 3.8) is 0 Å². The lowest BCUT2D eigenvalue weighted by atomic mass is 10.1. The lowest BCUT2D eigenvalue weighted by Crippen LogP contribution is -2.28. The van der Waals surface area contributed by atoms with Gasteiger partial charge < -0.3 is 20.1 Å². The maximum Gasteiger partial charge on any atom is 0.352 e. The molecule has 0 aliphatic carbocycles. The van der Waals surface area contributed by atoms with Gasteiger partial charge in [0.15, 0.2) is 0 Å². The molecule has 0 atom stereocenters. The van der Waals surface area contributed by atoms with Gasteiger partial charge in [-0.15, -0.1) is 0 Å². The molecule has 0 fully saturated rings. The van der Waals surface area contributed by atoms with Crippen molar-refractivity contribution in [3.05, 3.63) is 22.5 Å². The van der Waals surface area contributed by atoms with Crippen molar-refractivity contribution < 1.29 is 19.4 Å². The Morgan fingerprint density at radius 1 is 1.35 bits per heavy atom. The van der Waals surface area contributed by atoms with E-state index in [0.717, 1.165) is 0 Å². The lowest BCUT2D eigenvalue weighted by Gasteiger charge is -2.08. The molecular formula is C14H22N2O4. The van der Waals surface area contributed by atoms with Crippen LogP contribution in [0.3, 0.4) is 0 Å². The standard InChI is InChI=1S/C14H22N2O4/c1-8(2)7-20-6-5-15-13(17)11-9(3)12(14(18)19)16-10(11)4/h8,16H,5-7H2,1-4H3,(H,15,17)(H,18,19). The molecule has 1 aromatic heterocycles. The molecule has 0 saturated heterocycles. The first-order chi connectivity index (χ1) is 9.34. The fourth-order valence-electron chi connectivity index (χ4n) is 1.95. The molecule has 112 valence electrons. The van der Waals surface area contributed by atoms with E-state index in [0.29, 0.717) is 42.5 Å². The number of carbonyl (C=O) groups is 2. The van der Waals surface area contributed by atoms with E-state index >= 15 is 0 Å². The Balaban J connectivity index is 2.58. The summed E-state index contributed by atoms with van der Waals surface area (Å²) in [5.41, 5.74) is 1.46. The molecule has 6 heteroatoms. The van der Waals surface area contributed by atoms with Crippen LogP contribution >= 0.6 is 0 Å². The van der Waals surface area contributed by atoms with E-state index in [1.54, 1.807) is 13.8 Å². The zero-order valence-corrected chi connectivity index (χ0v) is 12.4. The molecule has 0 spiro atoms. The van der Waals surface area contributed by atoms with Crippen molar-refractivity contribution in [1.29, 1.82) is 0 Å². The molecule has 0 aliphatic heterocycles. The average Bonchev–Trinajstić information content (AvgIpc) is 2.64. The predicted octanol–water partition coefficient (Wildman–Crippen LogP) is 1.73. The Kier molecular flexibility index (Phi) is 5.76. The Hall–Kier alpha value is -1.82. The van der Waals surface area contributed by atoms with Crippen molar-refractivity contribution in [1.82, 2.24) is 10.3 Å². The first kappa shape index (κ1) is 16.2. The minimum Gasteiger partial charge on any atom is -0.477 e. The van der Waals surface area contributed by atoms with E-state index in [-0.39, 0.29) is 11.6 Å². The first-order valence-electron chi connectivity index (χ1n) is 6.63. The summed E-state index contributed by atoms with van der Waals surface area (Å²) in [6, 6.07) is 0. The summed E-state index contributed by atoms with van der Waals surface area (Å²) in [4.78, 5) is 25.7. The summed E-state index contributed by atoms with van der Waals surface area (Å²) in [6.45, 7) is 8.91. The van der Waals surface area contributed by atoms with Crippen molar-refractivity contribution in [2.24, 2.45) is 5.92 Å². The Bertz CT molecular complexity index is 492. The third-order valence-electron chi connectivity index (χ3n) is 2.86. The van der Waals surface area contributed by atoms with E-state index in [9.17, 15) is 9.59 Å². The van der Waals surface area contributed by atoms with Crippen molar-refractivity contribution in [2.75, 3.05) is 19.8 Å². The van der Waals surface area contributed by atoms with Gasteiger partial charge in [-0.1, -0.05) is 13.8 Å². The van der Waals surface area contributed by atoms with Gasteiger partial charge in [-0.3, -0.25) is 4.79 Å². The van der Waals surface area contributed by atoms with Gasteiger partial charge in [0.1, 0.15) is 5.69 Å². The second-order valence-electron chi connectivity index (χ2n) is 5.15. The Morgan fingerprint density at radius 2 is 2.00 bits per heavy atom. The molecule has 1 amide bonds. The lowest BCUT2D eigenvalue weighted by molar-refractivity contribution is 0.0690. The van der Waals surface area contributed by atoms with Crippen LogP contribution in [-0.2, 0) is 4.74 Å². The van der Waals surface area contributed by atoms with Crippen LogP contribution in [-0.4, -0.2) is 41.7 Å². The summed E-state index contributed by atoms with van der Waals surface area (Å²) in [5.74, 6) is -0.889. The summed E-state index contributed by atoms with van der Waals surface area (Å²) in [6.07, 6.45) is 0. The molecule has 0 radical (unpaired) electrons. The summed E-state index contributed by atoms with van der Waals surface area (Å²) < 4.78 is 5.37. The number of carbonyl (C=O) groups excluding carboxylic acids is 1. The number of hydrogen-bond donors (Lipinski definition) is 3. The third kappa shape index (κ3) is 4.09. The average molecular weight is 282 g/mol. The largest absolute Gasteiger partial charge is 0.477 e. The third-order valence-corrected chi connectivity index (χ3v) is 2.86. The molecule has 0 aromatic carbocycles. The van der Waals surface area contributed by atoms with Crippen molar-refractivity contribution >= 4 is 11.9 Å². The van der Waals surface area contributed by atoms with Crippen molar-refractivity contribution in [2.45, 2.75) is 27.7 Å². The van der Waals surface area contributed by atoms with Crippen LogP contribution in [0.15, 0.2) is 0 Å². The monoisotopic (exact) mass is 282 g/mol. The smallest absolute Gasteiger partial charge is 0.352 e. The zero-order valence-electron chi connectivity index (χ0n) is 12.4. The highest BCUT2D eigenvalue weighted by Gasteiger charge is 2.21.